The fourth-order valence-electron chi connectivity index (χ4n) is 3.26. The van der Waals surface area contributed by atoms with Gasteiger partial charge in [-0.05, 0) is 18.6 Å². The Bertz CT molecular complexity index is 1520. The van der Waals surface area contributed by atoms with Crippen LogP contribution in [0.4, 0.5) is 9.52 Å². The van der Waals surface area contributed by atoms with Crippen LogP contribution < -0.4 is 16.2 Å². The Labute approximate surface area is 185 Å². The molecule has 2 aromatic carbocycles. The molecule has 2 heterocycles. The molecule has 4 aromatic rings. The molecule has 1 atom stereocenters. The van der Waals surface area contributed by atoms with Gasteiger partial charge in [-0.25, -0.2) is 22.6 Å². The van der Waals surface area contributed by atoms with Gasteiger partial charge in [0.2, 0.25) is 5.13 Å². The van der Waals surface area contributed by atoms with Gasteiger partial charge in [-0.15, -0.1) is 0 Å². The lowest BCUT2D eigenvalue weighted by atomic mass is 10.0. The maximum absolute atomic E-state index is 14.9. The second kappa shape index (κ2) is 8.54. The Hall–Kier alpha value is -3.53. The first-order chi connectivity index (χ1) is 15.3. The highest BCUT2D eigenvalue weighted by Gasteiger charge is 2.26. The Kier molecular flexibility index (Phi) is 5.79. The zero-order chi connectivity index (χ0) is 22.9. The van der Waals surface area contributed by atoms with E-state index in [1.807, 2.05) is 0 Å². The molecule has 0 fully saturated rings. The van der Waals surface area contributed by atoms with Crippen LogP contribution in [0.5, 0.6) is 0 Å². The molecule has 0 amide bonds. The summed E-state index contributed by atoms with van der Waals surface area (Å²) >= 11 is 0.799. The van der Waals surface area contributed by atoms with E-state index in [4.69, 9.17) is 10.2 Å². The van der Waals surface area contributed by atoms with Crippen LogP contribution in [0.2, 0.25) is 0 Å². The van der Waals surface area contributed by atoms with E-state index in [-0.39, 0.29) is 22.8 Å². The number of halogens is 1. The number of rotatable bonds is 5. The van der Waals surface area contributed by atoms with Gasteiger partial charge < -0.3 is 10.2 Å². The maximum atomic E-state index is 14.9. The minimum atomic E-state index is -4.32. The minimum Gasteiger partial charge on any atom is -0.408 e. The molecule has 0 saturated carbocycles. The number of nitrogens with two attached hydrogens (primary N) is 1. The molecule has 12 heteroatoms. The lowest BCUT2D eigenvalue weighted by molar-refractivity contribution is 0.489. The van der Waals surface area contributed by atoms with Crippen LogP contribution >= 0.6 is 11.5 Å². The first kappa shape index (κ1) is 21.7. The molecule has 4 rings (SSSR count). The minimum absolute atomic E-state index is 0.0210. The smallest absolute Gasteiger partial charge is 0.408 e. The number of fused-ring (bicyclic) bond motifs is 1. The molecule has 0 bridgehead atoms. The molecular weight excluding hydrogens is 457 g/mol. The van der Waals surface area contributed by atoms with Crippen molar-refractivity contribution in [2.45, 2.75) is 17.9 Å². The van der Waals surface area contributed by atoms with Crippen LogP contribution in [0.1, 0.15) is 24.1 Å². The van der Waals surface area contributed by atoms with Crippen LogP contribution in [-0.4, -0.2) is 28.9 Å². The first-order valence-corrected chi connectivity index (χ1v) is 11.5. The molecular formula is C20H16FN5O4S2. The molecule has 164 valence electrons. The number of benzene rings is 2. The summed E-state index contributed by atoms with van der Waals surface area (Å²) in [5.41, 5.74) is 6.85. The lowest BCUT2D eigenvalue weighted by Gasteiger charge is -2.15. The summed E-state index contributed by atoms with van der Waals surface area (Å²) in [6.07, 6.45) is 1.17. The highest BCUT2D eigenvalue weighted by Crippen LogP contribution is 2.28. The van der Waals surface area contributed by atoms with Gasteiger partial charge in [0, 0.05) is 29.2 Å². The SMILES string of the molecule is C[C@H](c1ccccc1C#CCN)n1c(=O)oc2cc(S(=O)(=O)Nc3ncns3)c(F)cc21. The molecule has 32 heavy (non-hydrogen) atoms. The first-order valence-electron chi connectivity index (χ1n) is 9.23. The van der Waals surface area contributed by atoms with E-state index < -0.39 is 32.5 Å². The Morgan fingerprint density at radius 3 is 2.84 bits per heavy atom. The fraction of sp³-hybridized carbons (Fsp3) is 0.150. The van der Waals surface area contributed by atoms with Gasteiger partial charge in [0.1, 0.15) is 17.0 Å². The van der Waals surface area contributed by atoms with Gasteiger partial charge in [0.15, 0.2) is 5.58 Å². The van der Waals surface area contributed by atoms with Crippen molar-refractivity contribution in [2.75, 3.05) is 11.3 Å². The second-order valence-corrected chi connectivity index (χ2v) is 9.04. The van der Waals surface area contributed by atoms with E-state index in [0.717, 1.165) is 23.7 Å². The van der Waals surface area contributed by atoms with Crippen LogP contribution in [0, 0.1) is 17.7 Å². The van der Waals surface area contributed by atoms with E-state index in [2.05, 4.69) is 25.9 Å². The average molecular weight is 474 g/mol. The van der Waals surface area contributed by atoms with Gasteiger partial charge in [0.05, 0.1) is 18.1 Å². The summed E-state index contributed by atoms with van der Waals surface area (Å²) in [6.45, 7) is 1.91. The zero-order valence-electron chi connectivity index (χ0n) is 16.6. The summed E-state index contributed by atoms with van der Waals surface area (Å²) in [6, 6.07) is 8.52. The topological polar surface area (TPSA) is 133 Å². The van der Waals surface area contributed by atoms with E-state index >= 15 is 0 Å². The van der Waals surface area contributed by atoms with Gasteiger partial charge in [-0.1, -0.05) is 30.0 Å². The highest BCUT2D eigenvalue weighted by atomic mass is 32.2. The van der Waals surface area contributed by atoms with E-state index in [1.54, 1.807) is 31.2 Å². The monoisotopic (exact) mass is 473 g/mol. The standard InChI is InChI=1S/C20H16FN5O4S2/c1-12(14-7-3-2-5-13(14)6-4-8-22)26-16-9-15(21)18(10-17(16)30-20(26)27)32(28,29)25-19-23-11-24-31-19/h2-3,5,7,9-12H,8,22H2,1H3,(H,23,24,25)/t12-/m1/s1. The third-order valence-electron chi connectivity index (χ3n) is 4.66. The number of oxazole rings is 1. The molecule has 2 aromatic heterocycles. The van der Waals surface area contributed by atoms with Crippen molar-refractivity contribution >= 4 is 37.8 Å². The van der Waals surface area contributed by atoms with Crippen molar-refractivity contribution in [1.82, 2.24) is 13.9 Å². The molecule has 0 saturated heterocycles. The third-order valence-corrected chi connectivity index (χ3v) is 6.73. The normalized spacial score (nSPS) is 12.3. The van der Waals surface area contributed by atoms with Crippen molar-refractivity contribution in [1.29, 1.82) is 0 Å². The molecule has 3 N–H and O–H groups in total. The molecule has 0 spiro atoms. The number of hydrogen-bond acceptors (Lipinski definition) is 8. The Morgan fingerprint density at radius 2 is 2.12 bits per heavy atom. The van der Waals surface area contributed by atoms with E-state index in [1.165, 1.54) is 10.9 Å². The number of aromatic nitrogens is 3. The Morgan fingerprint density at radius 1 is 1.34 bits per heavy atom. The largest absolute Gasteiger partial charge is 0.420 e. The predicted octanol–water partition coefficient (Wildman–Crippen LogP) is 2.31. The van der Waals surface area contributed by atoms with Crippen LogP contribution in [-0.2, 0) is 10.0 Å². The molecule has 0 aliphatic carbocycles. The van der Waals surface area contributed by atoms with Crippen molar-refractivity contribution in [3.8, 4) is 11.8 Å². The predicted molar refractivity (Wildman–Crippen MR) is 117 cm³/mol. The van der Waals surface area contributed by atoms with Crippen LogP contribution in [0.15, 0.2) is 56.8 Å². The van der Waals surface area contributed by atoms with Gasteiger partial charge >= 0.3 is 5.76 Å². The molecule has 0 aliphatic heterocycles. The zero-order valence-corrected chi connectivity index (χ0v) is 18.2. The van der Waals surface area contributed by atoms with Gasteiger partial charge in [-0.2, -0.15) is 4.37 Å². The van der Waals surface area contributed by atoms with Crippen LogP contribution in [0.25, 0.3) is 11.1 Å². The van der Waals surface area contributed by atoms with E-state index in [9.17, 15) is 17.6 Å². The number of hydrogen-bond donors (Lipinski definition) is 2. The highest BCUT2D eigenvalue weighted by molar-refractivity contribution is 7.93. The fourth-order valence-corrected chi connectivity index (χ4v) is 4.99. The van der Waals surface area contributed by atoms with Crippen molar-refractivity contribution in [3.63, 3.8) is 0 Å². The van der Waals surface area contributed by atoms with Crippen molar-refractivity contribution < 1.29 is 17.2 Å². The van der Waals surface area contributed by atoms with Crippen molar-refractivity contribution in [3.05, 3.63) is 70.2 Å². The number of sulfonamides is 1. The molecule has 0 unspecified atom stereocenters. The molecule has 0 aliphatic rings. The quantitative estimate of drug-likeness (QED) is 0.425. The van der Waals surface area contributed by atoms with Crippen molar-refractivity contribution in [2.24, 2.45) is 5.73 Å². The summed E-state index contributed by atoms with van der Waals surface area (Å²) in [5, 5.41) is -0.0210. The molecule has 0 radical (unpaired) electrons. The maximum Gasteiger partial charge on any atom is 0.420 e. The van der Waals surface area contributed by atoms with E-state index in [0.29, 0.717) is 11.1 Å². The Balaban J connectivity index is 1.81. The number of nitrogens with zero attached hydrogens (tertiary/aromatic N) is 3. The molecule has 9 nitrogen and oxygen atoms in total. The number of anilines is 1. The van der Waals surface area contributed by atoms with Gasteiger partial charge in [-0.3, -0.25) is 9.29 Å². The number of nitrogens with one attached hydrogen (secondary N) is 1. The van der Waals surface area contributed by atoms with Gasteiger partial charge in [0.25, 0.3) is 10.0 Å². The lowest BCUT2D eigenvalue weighted by Crippen LogP contribution is -2.20. The second-order valence-electron chi connectivity index (χ2n) is 6.61. The third kappa shape index (κ3) is 4.01. The summed E-state index contributed by atoms with van der Waals surface area (Å²) in [5.74, 6) is 3.91. The summed E-state index contributed by atoms with van der Waals surface area (Å²) < 4.78 is 52.4. The van der Waals surface area contributed by atoms with Crippen LogP contribution in [0.3, 0.4) is 0 Å². The summed E-state index contributed by atoms with van der Waals surface area (Å²) in [4.78, 5) is 15.7. The average Bonchev–Trinajstić information content (AvgIpc) is 3.37. The summed E-state index contributed by atoms with van der Waals surface area (Å²) in [7, 11) is -4.32.